The maximum absolute atomic E-state index is 5.87. The minimum absolute atomic E-state index is 0.0139. The summed E-state index contributed by atoms with van der Waals surface area (Å²) in [6.45, 7) is 3.62. The highest BCUT2D eigenvalue weighted by molar-refractivity contribution is 7.10. The highest BCUT2D eigenvalue weighted by Crippen LogP contribution is 2.28. The van der Waals surface area contributed by atoms with Gasteiger partial charge < -0.3 is 5.73 Å². The summed E-state index contributed by atoms with van der Waals surface area (Å²) in [5, 5.41) is 2.71. The van der Waals surface area contributed by atoms with Gasteiger partial charge in [-0.05, 0) is 17.9 Å². The zero-order chi connectivity index (χ0) is 8.27. The Hall–Kier alpha value is -0.310. The predicted octanol–water partition coefficient (Wildman–Crippen LogP) is 2.98. The molecule has 0 spiro atoms. The van der Waals surface area contributed by atoms with Gasteiger partial charge in [0.15, 0.2) is 0 Å². The van der Waals surface area contributed by atoms with Crippen LogP contribution in [0.25, 0.3) is 0 Å². The van der Waals surface area contributed by atoms with Gasteiger partial charge in [-0.3, -0.25) is 0 Å². The summed E-state index contributed by atoms with van der Waals surface area (Å²) < 4.78 is 0. The quantitative estimate of drug-likeness (QED) is 0.724. The molecule has 3 heteroatoms. The van der Waals surface area contributed by atoms with Crippen molar-refractivity contribution in [1.29, 1.82) is 0 Å². The highest BCUT2D eigenvalue weighted by Gasteiger charge is 2.08. The van der Waals surface area contributed by atoms with Gasteiger partial charge in [0.1, 0.15) is 0 Å². The Morgan fingerprint density at radius 2 is 2.55 bits per heavy atom. The molecule has 0 fully saturated rings. The van der Waals surface area contributed by atoms with E-state index < -0.39 is 0 Å². The zero-order valence-corrected chi connectivity index (χ0v) is 7.66. The monoisotopic (exact) mass is 187 g/mol. The maximum atomic E-state index is 5.87. The molecule has 2 N–H and O–H groups in total. The van der Waals surface area contributed by atoms with Crippen LogP contribution in [-0.2, 0) is 0 Å². The molecule has 1 rings (SSSR count). The van der Waals surface area contributed by atoms with E-state index in [9.17, 15) is 0 Å². The lowest BCUT2D eigenvalue weighted by molar-refractivity contribution is 0.758. The molecule has 0 radical (unpaired) electrons. The average molecular weight is 188 g/mol. The van der Waals surface area contributed by atoms with Crippen molar-refractivity contribution in [2.24, 2.45) is 5.73 Å². The summed E-state index contributed by atoms with van der Waals surface area (Å²) in [6, 6.07) is 1.88. The molecule has 0 aromatic carbocycles. The van der Waals surface area contributed by atoms with Crippen LogP contribution < -0.4 is 5.73 Å². The van der Waals surface area contributed by atoms with E-state index >= 15 is 0 Å². The van der Waals surface area contributed by atoms with Crippen molar-refractivity contribution in [1.82, 2.24) is 0 Å². The summed E-state index contributed by atoms with van der Waals surface area (Å²) in [5.41, 5.74) is 5.81. The first-order chi connectivity index (χ1) is 5.25. The van der Waals surface area contributed by atoms with E-state index in [2.05, 4.69) is 6.58 Å². The number of thiophene rings is 1. The van der Waals surface area contributed by atoms with Gasteiger partial charge in [0, 0.05) is 10.9 Å². The standard InChI is InChI=1S/C8H10ClNS/c1-2-3-7(10)8-6(9)4-5-11-8/h2,4-5,7H,1,3,10H2/t7-/m1/s1. The summed E-state index contributed by atoms with van der Waals surface area (Å²) in [5.74, 6) is 0. The molecule has 0 aliphatic rings. The van der Waals surface area contributed by atoms with Crippen LogP contribution in [0, 0.1) is 0 Å². The van der Waals surface area contributed by atoms with Gasteiger partial charge in [-0.1, -0.05) is 17.7 Å². The van der Waals surface area contributed by atoms with Gasteiger partial charge in [-0.25, -0.2) is 0 Å². The van der Waals surface area contributed by atoms with Crippen LogP contribution >= 0.6 is 22.9 Å². The Morgan fingerprint density at radius 1 is 1.82 bits per heavy atom. The molecule has 0 saturated carbocycles. The minimum atomic E-state index is 0.0139. The average Bonchev–Trinajstić information content (AvgIpc) is 2.36. The molecule has 60 valence electrons. The molecule has 0 saturated heterocycles. The second-order valence-electron chi connectivity index (χ2n) is 2.26. The van der Waals surface area contributed by atoms with Crippen LogP contribution in [0.1, 0.15) is 17.3 Å². The van der Waals surface area contributed by atoms with Crippen molar-refractivity contribution in [2.45, 2.75) is 12.5 Å². The molecule has 0 amide bonds. The summed E-state index contributed by atoms with van der Waals surface area (Å²) >= 11 is 7.46. The SMILES string of the molecule is C=CC[C@@H](N)c1sccc1Cl. The van der Waals surface area contributed by atoms with Crippen molar-refractivity contribution in [3.05, 3.63) is 34.0 Å². The summed E-state index contributed by atoms with van der Waals surface area (Å²) in [4.78, 5) is 1.05. The number of hydrogen-bond acceptors (Lipinski definition) is 2. The topological polar surface area (TPSA) is 26.0 Å². The van der Waals surface area contributed by atoms with Crippen molar-refractivity contribution >= 4 is 22.9 Å². The van der Waals surface area contributed by atoms with Crippen LogP contribution in [0.4, 0.5) is 0 Å². The highest BCUT2D eigenvalue weighted by atomic mass is 35.5. The van der Waals surface area contributed by atoms with Gasteiger partial charge in [0.25, 0.3) is 0 Å². The number of rotatable bonds is 3. The Balaban J connectivity index is 2.74. The van der Waals surface area contributed by atoms with Crippen molar-refractivity contribution in [2.75, 3.05) is 0 Å². The van der Waals surface area contributed by atoms with E-state index in [0.29, 0.717) is 0 Å². The third kappa shape index (κ3) is 2.06. The van der Waals surface area contributed by atoms with E-state index in [-0.39, 0.29) is 6.04 Å². The normalized spacial score (nSPS) is 12.9. The Bertz CT molecular complexity index is 244. The van der Waals surface area contributed by atoms with Crippen LogP contribution in [0.2, 0.25) is 5.02 Å². The molecule has 0 bridgehead atoms. The van der Waals surface area contributed by atoms with Crippen LogP contribution in [0.3, 0.4) is 0 Å². The first kappa shape index (κ1) is 8.78. The maximum Gasteiger partial charge on any atom is 0.0561 e. The number of hydrogen-bond donors (Lipinski definition) is 1. The fraction of sp³-hybridized carbons (Fsp3) is 0.250. The first-order valence-electron chi connectivity index (χ1n) is 3.35. The van der Waals surface area contributed by atoms with Gasteiger partial charge in [0.05, 0.1) is 5.02 Å². The Labute approximate surface area is 75.5 Å². The van der Waals surface area contributed by atoms with E-state index in [4.69, 9.17) is 17.3 Å². The third-order valence-corrected chi connectivity index (χ3v) is 2.89. The Kier molecular flexibility index (Phi) is 3.12. The predicted molar refractivity (Wildman–Crippen MR) is 51.1 cm³/mol. The molecule has 1 nitrogen and oxygen atoms in total. The second-order valence-corrected chi connectivity index (χ2v) is 3.62. The molecule has 1 aromatic heterocycles. The first-order valence-corrected chi connectivity index (χ1v) is 4.61. The lowest BCUT2D eigenvalue weighted by Crippen LogP contribution is -2.07. The van der Waals surface area contributed by atoms with E-state index in [1.165, 1.54) is 0 Å². The molecule has 11 heavy (non-hydrogen) atoms. The van der Waals surface area contributed by atoms with Crippen molar-refractivity contribution in [3.8, 4) is 0 Å². The van der Waals surface area contributed by atoms with Gasteiger partial charge in [-0.2, -0.15) is 0 Å². The minimum Gasteiger partial charge on any atom is -0.323 e. The van der Waals surface area contributed by atoms with Crippen LogP contribution in [-0.4, -0.2) is 0 Å². The fourth-order valence-electron chi connectivity index (χ4n) is 0.857. The third-order valence-electron chi connectivity index (χ3n) is 1.40. The molecular weight excluding hydrogens is 178 g/mol. The van der Waals surface area contributed by atoms with E-state index in [1.54, 1.807) is 17.4 Å². The molecule has 1 atom stereocenters. The lowest BCUT2D eigenvalue weighted by Gasteiger charge is -2.05. The second kappa shape index (κ2) is 3.90. The molecule has 0 aliphatic heterocycles. The Morgan fingerprint density at radius 3 is 3.00 bits per heavy atom. The molecular formula is C8H10ClNS. The van der Waals surface area contributed by atoms with Crippen LogP contribution in [0.15, 0.2) is 24.1 Å². The fourth-order valence-corrected chi connectivity index (χ4v) is 2.07. The van der Waals surface area contributed by atoms with Crippen molar-refractivity contribution < 1.29 is 0 Å². The molecule has 0 unspecified atom stereocenters. The van der Waals surface area contributed by atoms with E-state index in [0.717, 1.165) is 16.3 Å². The van der Waals surface area contributed by atoms with Gasteiger partial charge in [-0.15, -0.1) is 17.9 Å². The van der Waals surface area contributed by atoms with E-state index in [1.807, 2.05) is 11.4 Å². The summed E-state index contributed by atoms with van der Waals surface area (Å²) in [6.07, 6.45) is 2.58. The zero-order valence-electron chi connectivity index (χ0n) is 6.09. The smallest absolute Gasteiger partial charge is 0.0561 e. The number of nitrogens with two attached hydrogens (primary N) is 1. The molecule has 1 heterocycles. The largest absolute Gasteiger partial charge is 0.323 e. The van der Waals surface area contributed by atoms with Crippen LogP contribution in [0.5, 0.6) is 0 Å². The van der Waals surface area contributed by atoms with Gasteiger partial charge >= 0.3 is 0 Å². The lowest BCUT2D eigenvalue weighted by atomic mass is 10.2. The molecule has 1 aromatic rings. The number of halogens is 1. The molecule has 0 aliphatic carbocycles. The van der Waals surface area contributed by atoms with Gasteiger partial charge in [0.2, 0.25) is 0 Å². The summed E-state index contributed by atoms with van der Waals surface area (Å²) in [7, 11) is 0. The van der Waals surface area contributed by atoms with Crippen molar-refractivity contribution in [3.63, 3.8) is 0 Å².